The van der Waals surface area contributed by atoms with Crippen LogP contribution in [0, 0.1) is 0 Å². The summed E-state index contributed by atoms with van der Waals surface area (Å²) in [6, 6.07) is 157. The number of hydrogen-bond donors (Lipinski definition) is 1. The average molecular weight is 1340 g/mol. The Morgan fingerprint density at radius 2 is 0.192 bits per heavy atom. The van der Waals surface area contributed by atoms with Gasteiger partial charge in [-0.05, 0) is 279 Å². The summed E-state index contributed by atoms with van der Waals surface area (Å²) in [6.07, 6.45) is 0. The molecule has 16 aromatic rings. The first-order valence-corrected chi connectivity index (χ1v) is 35.1. The van der Waals surface area contributed by atoms with E-state index in [1.54, 1.807) is 0 Å². The van der Waals surface area contributed by atoms with Crippen LogP contribution in [0.3, 0.4) is 0 Å². The molecule has 0 amide bonds. The maximum Gasteiger partial charge on any atom is 0.0463 e. The van der Waals surface area contributed by atoms with Crippen LogP contribution >= 0.6 is 0 Å². The highest BCUT2D eigenvalue weighted by atomic mass is 15.2. The Labute approximate surface area is 609 Å². The van der Waals surface area contributed by atoms with Crippen molar-refractivity contribution in [2.75, 3.05) is 39.6 Å². The van der Waals surface area contributed by atoms with Crippen LogP contribution in [-0.2, 0) is 0 Å². The van der Waals surface area contributed by atoms with Crippen molar-refractivity contribution in [3.8, 4) is 0 Å². The predicted molar refractivity (Wildman–Crippen MR) is 439 cm³/mol. The molecular weight excluding hydrogens is 1270 g/mol. The van der Waals surface area contributed by atoms with Crippen LogP contribution in [0.1, 0.15) is 0 Å². The third-order valence-electron chi connectivity index (χ3n) is 18.5. The zero-order chi connectivity index (χ0) is 69.6. The van der Waals surface area contributed by atoms with Gasteiger partial charge in [-0.25, -0.2) is 0 Å². The minimum Gasteiger partial charge on any atom is -0.356 e. The molecule has 0 aromatic heterocycles. The van der Waals surface area contributed by atoms with Crippen LogP contribution in [-0.4, -0.2) is 0 Å². The molecule has 0 heterocycles. The molecule has 0 spiro atoms. The van der Waals surface area contributed by atoms with E-state index < -0.39 is 0 Å². The Kier molecular flexibility index (Phi) is 19.0. The molecule has 8 heteroatoms. The molecule has 0 saturated heterocycles. The third-order valence-corrected chi connectivity index (χ3v) is 18.5. The summed E-state index contributed by atoms with van der Waals surface area (Å²) < 4.78 is 0. The first-order valence-electron chi connectivity index (χ1n) is 35.1. The first-order chi connectivity index (χ1) is 51.6. The van der Waals surface area contributed by atoms with Crippen LogP contribution in [0.15, 0.2) is 443 Å². The maximum atomic E-state index is 3.54. The fourth-order valence-electron chi connectivity index (χ4n) is 13.6. The smallest absolute Gasteiger partial charge is 0.0463 e. The van der Waals surface area contributed by atoms with Gasteiger partial charge in [-0.1, -0.05) is 164 Å². The lowest BCUT2D eigenvalue weighted by Crippen LogP contribution is -2.14. The summed E-state index contributed by atoms with van der Waals surface area (Å²) in [5, 5.41) is 3.54. The summed E-state index contributed by atoms with van der Waals surface area (Å²) in [5.74, 6) is 0. The van der Waals surface area contributed by atoms with E-state index in [0.717, 1.165) is 131 Å². The minimum atomic E-state index is 1.02. The van der Waals surface area contributed by atoms with Gasteiger partial charge in [-0.15, -0.1) is 0 Å². The van der Waals surface area contributed by atoms with Crippen LogP contribution in [0.2, 0.25) is 0 Å². The Bertz CT molecular complexity index is 5290. The van der Waals surface area contributed by atoms with E-state index in [9.17, 15) is 0 Å². The van der Waals surface area contributed by atoms with E-state index in [0.29, 0.717) is 0 Å². The molecule has 0 radical (unpaired) electrons. The molecule has 0 unspecified atom stereocenters. The summed E-state index contributed by atoms with van der Waals surface area (Å²) in [4.78, 5) is 16.2. The van der Waals surface area contributed by atoms with Crippen molar-refractivity contribution < 1.29 is 0 Å². The zero-order valence-electron chi connectivity index (χ0n) is 57.3. The van der Waals surface area contributed by atoms with Gasteiger partial charge in [0.25, 0.3) is 0 Å². The van der Waals surface area contributed by atoms with Crippen LogP contribution < -0.4 is 39.6 Å². The second kappa shape index (κ2) is 30.6. The van der Waals surface area contributed by atoms with Crippen LogP contribution in [0.5, 0.6) is 0 Å². The molecule has 16 rings (SSSR count). The van der Waals surface area contributed by atoms with Gasteiger partial charge >= 0.3 is 0 Å². The van der Waals surface area contributed by atoms with Gasteiger partial charge in [-0.2, -0.15) is 0 Å². The number of para-hydroxylation sites is 9. The van der Waals surface area contributed by atoms with Crippen molar-refractivity contribution in [1.82, 2.24) is 0 Å². The van der Waals surface area contributed by atoms with E-state index >= 15 is 0 Å². The van der Waals surface area contributed by atoms with E-state index in [1.807, 2.05) is 18.2 Å². The molecule has 498 valence electrons. The number of rotatable bonds is 23. The molecule has 0 bridgehead atoms. The number of nitrogens with zero attached hydrogens (tertiary/aromatic N) is 7. The van der Waals surface area contributed by atoms with Crippen molar-refractivity contribution in [2.45, 2.75) is 0 Å². The largest absolute Gasteiger partial charge is 0.356 e. The van der Waals surface area contributed by atoms with Crippen LogP contribution in [0.4, 0.5) is 131 Å². The van der Waals surface area contributed by atoms with E-state index in [4.69, 9.17) is 0 Å². The van der Waals surface area contributed by atoms with E-state index in [2.05, 4.69) is 464 Å². The van der Waals surface area contributed by atoms with Gasteiger partial charge in [-0.3, -0.25) is 0 Å². The molecular formula is C96H74N8. The zero-order valence-corrected chi connectivity index (χ0v) is 57.3. The fourth-order valence-corrected chi connectivity index (χ4v) is 13.6. The standard InChI is InChI=1S/C96H74N8/c1-10-28-74(29-11-1)97-75-46-48-84(49-47-75)99(78-34-16-4-17-35-78)86-54-56-88(57-55-86)101(80-38-20-6-21-39-80)90-62-64-92(65-63-90)103(82-42-24-8-25-43-82)94-70-72-96(73-71-94)104(83-44-26-9-27-45-83)95-68-66-93(67-69-95)102(81-40-22-7-23-41-81)91-60-58-89(59-61-91)100(79-36-18-5-19-37-79)87-52-50-85(51-53-87)98(76-30-12-2-13-31-76)77-32-14-3-15-33-77/h1-73,97H. The summed E-state index contributed by atoms with van der Waals surface area (Å²) in [5.41, 5.74) is 24.1. The Hall–Kier alpha value is -14.1. The first kappa shape index (κ1) is 64.6. The Balaban J connectivity index is 0.678. The summed E-state index contributed by atoms with van der Waals surface area (Å²) in [7, 11) is 0. The van der Waals surface area contributed by atoms with Crippen molar-refractivity contribution >= 4 is 131 Å². The highest BCUT2D eigenvalue weighted by Crippen LogP contribution is 2.46. The van der Waals surface area contributed by atoms with Gasteiger partial charge < -0.3 is 39.6 Å². The lowest BCUT2D eigenvalue weighted by molar-refractivity contribution is 1.23. The summed E-state index contributed by atoms with van der Waals surface area (Å²) in [6.45, 7) is 0. The lowest BCUT2D eigenvalue weighted by atomic mass is 10.1. The molecule has 0 fully saturated rings. The topological polar surface area (TPSA) is 34.7 Å². The molecule has 16 aromatic carbocycles. The molecule has 0 aliphatic carbocycles. The number of hydrogen-bond acceptors (Lipinski definition) is 8. The van der Waals surface area contributed by atoms with Gasteiger partial charge in [0.2, 0.25) is 0 Å². The average Bonchev–Trinajstić information content (AvgIpc) is 0.915. The monoisotopic (exact) mass is 1340 g/mol. The second-order valence-electron chi connectivity index (χ2n) is 25.2. The second-order valence-corrected chi connectivity index (χ2v) is 25.2. The Morgan fingerprint density at radius 3 is 0.327 bits per heavy atom. The third kappa shape index (κ3) is 14.2. The molecule has 0 aliphatic rings. The molecule has 104 heavy (non-hydrogen) atoms. The fraction of sp³-hybridized carbons (Fsp3) is 0. The number of nitrogens with one attached hydrogen (secondary N) is 1. The van der Waals surface area contributed by atoms with E-state index in [1.165, 1.54) is 0 Å². The molecule has 8 nitrogen and oxygen atoms in total. The van der Waals surface area contributed by atoms with Crippen molar-refractivity contribution in [1.29, 1.82) is 0 Å². The SMILES string of the molecule is c1ccc(Nc2ccc(N(c3ccccc3)c3ccc(N(c4ccccc4)c4ccc(N(c5ccccc5)c5ccc(N(c6ccccc6)c6ccc(N(c7ccccc7)c7ccc(N(c8ccccc8)c8ccc(N(c9ccccc9)c9ccccc9)cc8)cc7)cc6)cc5)cc4)cc3)cc2)cc1. The number of anilines is 23. The maximum absolute atomic E-state index is 3.54. The Morgan fingerprint density at radius 1 is 0.0962 bits per heavy atom. The van der Waals surface area contributed by atoms with Gasteiger partial charge in [0.1, 0.15) is 0 Å². The molecule has 0 saturated carbocycles. The molecule has 0 aliphatic heterocycles. The highest BCUT2D eigenvalue weighted by Gasteiger charge is 2.23. The normalized spacial score (nSPS) is 10.9. The van der Waals surface area contributed by atoms with Crippen molar-refractivity contribution in [3.63, 3.8) is 0 Å². The van der Waals surface area contributed by atoms with E-state index in [-0.39, 0.29) is 0 Å². The molecule has 1 N–H and O–H groups in total. The van der Waals surface area contributed by atoms with Gasteiger partial charge in [0, 0.05) is 131 Å². The van der Waals surface area contributed by atoms with Crippen molar-refractivity contribution in [2.24, 2.45) is 0 Å². The van der Waals surface area contributed by atoms with Crippen LogP contribution in [0.25, 0.3) is 0 Å². The number of benzene rings is 16. The van der Waals surface area contributed by atoms with Crippen molar-refractivity contribution in [3.05, 3.63) is 443 Å². The van der Waals surface area contributed by atoms with Gasteiger partial charge in [0.15, 0.2) is 0 Å². The minimum absolute atomic E-state index is 1.02. The predicted octanol–water partition coefficient (Wildman–Crippen LogP) is 27.7. The van der Waals surface area contributed by atoms with Gasteiger partial charge in [0.05, 0.1) is 0 Å². The quantitative estimate of drug-likeness (QED) is 0.0679. The summed E-state index contributed by atoms with van der Waals surface area (Å²) >= 11 is 0. The highest BCUT2D eigenvalue weighted by molar-refractivity contribution is 5.88. The lowest BCUT2D eigenvalue weighted by Gasteiger charge is -2.30. The molecule has 0 atom stereocenters.